The van der Waals surface area contributed by atoms with Gasteiger partial charge in [-0.25, -0.2) is 0 Å². The van der Waals surface area contributed by atoms with Gasteiger partial charge in [-0.2, -0.15) is 0 Å². The summed E-state index contributed by atoms with van der Waals surface area (Å²) in [6.45, 7) is 0.844. The van der Waals surface area contributed by atoms with Crippen molar-refractivity contribution >= 4 is 18.3 Å². The van der Waals surface area contributed by atoms with Gasteiger partial charge in [-0.05, 0) is 30.2 Å². The molecule has 0 aliphatic heterocycles. The first kappa shape index (κ1) is 20.5. The molecule has 0 aliphatic rings. The summed E-state index contributed by atoms with van der Waals surface area (Å²) in [7, 11) is 4.78. The monoisotopic (exact) mass is 332 g/mol. The van der Waals surface area contributed by atoms with Crippen LogP contribution in [0.5, 0.6) is 11.5 Å². The Bertz CT molecular complexity index is 453. The minimum Gasteiger partial charge on any atom is -0.497 e. The van der Waals surface area contributed by atoms with E-state index in [9.17, 15) is 4.79 Å². The maximum Gasteiger partial charge on any atom is 0.222 e. The lowest BCUT2D eigenvalue weighted by molar-refractivity contribution is -0.123. The third-order valence-corrected chi connectivity index (χ3v) is 3.21. The van der Waals surface area contributed by atoms with E-state index >= 15 is 0 Å². The molecule has 0 heterocycles. The predicted octanol–water partition coefficient (Wildman–Crippen LogP) is 1.15. The molecule has 22 heavy (non-hydrogen) atoms. The van der Waals surface area contributed by atoms with Gasteiger partial charge in [0.25, 0.3) is 0 Å². The quantitative estimate of drug-likeness (QED) is 0.708. The molecule has 7 heteroatoms. The molecule has 0 aromatic heterocycles. The van der Waals surface area contributed by atoms with Crippen molar-refractivity contribution in [3.05, 3.63) is 23.8 Å². The van der Waals surface area contributed by atoms with Crippen molar-refractivity contribution in [2.24, 2.45) is 5.73 Å². The van der Waals surface area contributed by atoms with Gasteiger partial charge >= 0.3 is 0 Å². The van der Waals surface area contributed by atoms with Crippen molar-refractivity contribution in [1.82, 2.24) is 5.32 Å². The van der Waals surface area contributed by atoms with Gasteiger partial charge < -0.3 is 25.3 Å². The zero-order chi connectivity index (χ0) is 15.7. The number of benzene rings is 1. The van der Waals surface area contributed by atoms with Crippen LogP contribution in [-0.4, -0.2) is 46.4 Å². The Balaban J connectivity index is 0.00000441. The van der Waals surface area contributed by atoms with Gasteiger partial charge in [-0.1, -0.05) is 0 Å². The largest absolute Gasteiger partial charge is 0.497 e. The van der Waals surface area contributed by atoms with Crippen molar-refractivity contribution in [1.29, 1.82) is 0 Å². The van der Waals surface area contributed by atoms with Gasteiger partial charge in [0.2, 0.25) is 5.91 Å². The Hall–Kier alpha value is -1.50. The zero-order valence-corrected chi connectivity index (χ0v) is 14.1. The number of nitrogens with two attached hydrogens (primary N) is 1. The van der Waals surface area contributed by atoms with Gasteiger partial charge in [0, 0.05) is 20.2 Å². The molecule has 1 aromatic rings. The van der Waals surface area contributed by atoms with Crippen LogP contribution < -0.4 is 20.5 Å². The van der Waals surface area contributed by atoms with E-state index in [1.807, 2.05) is 18.2 Å². The summed E-state index contributed by atoms with van der Waals surface area (Å²) in [6, 6.07) is 5.60. The van der Waals surface area contributed by atoms with Crippen LogP contribution in [0.1, 0.15) is 12.0 Å². The van der Waals surface area contributed by atoms with Gasteiger partial charge in [-0.3, -0.25) is 4.79 Å². The predicted molar refractivity (Wildman–Crippen MR) is 88.0 cm³/mol. The zero-order valence-electron chi connectivity index (χ0n) is 13.3. The van der Waals surface area contributed by atoms with Crippen LogP contribution in [0.15, 0.2) is 18.2 Å². The highest BCUT2D eigenvalue weighted by Gasteiger charge is 2.11. The van der Waals surface area contributed by atoms with Crippen molar-refractivity contribution in [2.45, 2.75) is 18.9 Å². The minimum absolute atomic E-state index is 0. The normalized spacial score (nSPS) is 11.3. The topological polar surface area (TPSA) is 82.8 Å². The SMILES string of the molecule is COc1ccc(OC)c(CCNC(=O)CC(CN)OC)c1.Cl. The summed E-state index contributed by atoms with van der Waals surface area (Å²) in [5, 5.41) is 2.85. The van der Waals surface area contributed by atoms with Gasteiger partial charge in [0.1, 0.15) is 11.5 Å². The Morgan fingerprint density at radius 1 is 1.27 bits per heavy atom. The number of amides is 1. The average molecular weight is 333 g/mol. The first-order valence-electron chi connectivity index (χ1n) is 6.85. The van der Waals surface area contributed by atoms with E-state index in [1.54, 1.807) is 21.3 Å². The third kappa shape index (κ3) is 6.51. The van der Waals surface area contributed by atoms with Crippen LogP contribution in [0, 0.1) is 0 Å². The molecule has 1 unspecified atom stereocenters. The van der Waals surface area contributed by atoms with E-state index < -0.39 is 0 Å². The second kappa shape index (κ2) is 11.1. The standard InChI is InChI=1S/C15H24N2O4.ClH/c1-19-12-4-5-14(21-3)11(8-12)6-7-17-15(18)9-13(10-16)20-2;/h4-5,8,13H,6-7,9-10,16H2,1-3H3,(H,17,18);1H. The molecule has 0 bridgehead atoms. The number of halogens is 1. The molecular formula is C15H25ClN2O4. The number of methoxy groups -OCH3 is 3. The summed E-state index contributed by atoms with van der Waals surface area (Å²) in [5.41, 5.74) is 6.47. The van der Waals surface area contributed by atoms with E-state index in [-0.39, 0.29) is 30.8 Å². The fourth-order valence-corrected chi connectivity index (χ4v) is 1.96. The van der Waals surface area contributed by atoms with E-state index in [0.717, 1.165) is 17.1 Å². The van der Waals surface area contributed by atoms with E-state index in [4.69, 9.17) is 19.9 Å². The van der Waals surface area contributed by atoms with Crippen molar-refractivity contribution in [3.8, 4) is 11.5 Å². The molecule has 6 nitrogen and oxygen atoms in total. The molecule has 0 saturated carbocycles. The number of carbonyl (C=O) groups excluding carboxylic acids is 1. The summed E-state index contributed by atoms with van der Waals surface area (Å²) in [4.78, 5) is 11.7. The molecule has 0 aliphatic carbocycles. The molecule has 0 radical (unpaired) electrons. The number of carbonyl (C=O) groups is 1. The van der Waals surface area contributed by atoms with Crippen LogP contribution in [0.4, 0.5) is 0 Å². The van der Waals surface area contributed by atoms with Crippen molar-refractivity contribution in [3.63, 3.8) is 0 Å². The lowest BCUT2D eigenvalue weighted by atomic mass is 10.1. The lowest BCUT2D eigenvalue weighted by Gasteiger charge is -2.13. The van der Waals surface area contributed by atoms with Crippen LogP contribution in [-0.2, 0) is 16.0 Å². The summed E-state index contributed by atoms with van der Waals surface area (Å²) < 4.78 is 15.6. The third-order valence-electron chi connectivity index (χ3n) is 3.21. The second-order valence-electron chi connectivity index (χ2n) is 4.58. The van der Waals surface area contributed by atoms with E-state index in [0.29, 0.717) is 19.5 Å². The molecule has 3 N–H and O–H groups in total. The van der Waals surface area contributed by atoms with E-state index in [2.05, 4.69) is 5.32 Å². The molecule has 1 aromatic carbocycles. The Kier molecular flexibility index (Phi) is 10.4. The highest BCUT2D eigenvalue weighted by atomic mass is 35.5. The van der Waals surface area contributed by atoms with E-state index in [1.165, 1.54) is 0 Å². The van der Waals surface area contributed by atoms with Crippen LogP contribution in [0.25, 0.3) is 0 Å². The van der Waals surface area contributed by atoms with Crippen molar-refractivity contribution < 1.29 is 19.0 Å². The second-order valence-corrected chi connectivity index (χ2v) is 4.58. The molecule has 126 valence electrons. The van der Waals surface area contributed by atoms with Gasteiger partial charge in [0.15, 0.2) is 0 Å². The number of hydrogen-bond donors (Lipinski definition) is 2. The summed E-state index contributed by atoms with van der Waals surface area (Å²) in [5.74, 6) is 1.47. The molecule has 0 fully saturated rings. The fraction of sp³-hybridized carbons (Fsp3) is 0.533. The summed E-state index contributed by atoms with van der Waals surface area (Å²) >= 11 is 0. The highest BCUT2D eigenvalue weighted by Crippen LogP contribution is 2.24. The molecular weight excluding hydrogens is 308 g/mol. The molecule has 1 rings (SSSR count). The highest BCUT2D eigenvalue weighted by molar-refractivity contribution is 5.85. The summed E-state index contributed by atoms with van der Waals surface area (Å²) in [6.07, 6.45) is 0.686. The Labute approximate surface area is 137 Å². The maximum atomic E-state index is 11.7. The lowest BCUT2D eigenvalue weighted by Crippen LogP contribution is -2.33. The minimum atomic E-state index is -0.239. The first-order valence-corrected chi connectivity index (χ1v) is 6.85. The van der Waals surface area contributed by atoms with Crippen molar-refractivity contribution in [2.75, 3.05) is 34.4 Å². The van der Waals surface area contributed by atoms with Crippen LogP contribution >= 0.6 is 12.4 Å². The number of ether oxygens (including phenoxy) is 3. The van der Waals surface area contributed by atoms with Crippen LogP contribution in [0.2, 0.25) is 0 Å². The van der Waals surface area contributed by atoms with Crippen LogP contribution in [0.3, 0.4) is 0 Å². The Morgan fingerprint density at radius 3 is 2.55 bits per heavy atom. The number of nitrogens with one attached hydrogen (secondary N) is 1. The average Bonchev–Trinajstić information content (AvgIpc) is 2.52. The maximum absolute atomic E-state index is 11.7. The molecule has 0 saturated heterocycles. The number of hydrogen-bond acceptors (Lipinski definition) is 5. The van der Waals surface area contributed by atoms with Gasteiger partial charge in [0.05, 0.1) is 26.7 Å². The fourth-order valence-electron chi connectivity index (χ4n) is 1.96. The van der Waals surface area contributed by atoms with Gasteiger partial charge in [-0.15, -0.1) is 12.4 Å². The Morgan fingerprint density at radius 2 is 2.00 bits per heavy atom. The molecule has 0 spiro atoms. The molecule has 1 amide bonds. The smallest absolute Gasteiger partial charge is 0.222 e. The first-order chi connectivity index (χ1) is 10.1. The number of rotatable bonds is 9. The molecule has 1 atom stereocenters.